The predicted molar refractivity (Wildman–Crippen MR) is 83.4 cm³/mol. The maximum atomic E-state index is 3.76. The van der Waals surface area contributed by atoms with E-state index in [1.54, 1.807) is 0 Å². The van der Waals surface area contributed by atoms with Crippen molar-refractivity contribution in [3.8, 4) is 0 Å². The van der Waals surface area contributed by atoms with Crippen LogP contribution in [-0.2, 0) is 0 Å². The first-order chi connectivity index (χ1) is 9.10. The van der Waals surface area contributed by atoms with Crippen LogP contribution < -0.4 is 5.32 Å². The van der Waals surface area contributed by atoms with Gasteiger partial charge < -0.3 is 10.2 Å². The monoisotopic (exact) mass is 266 g/mol. The van der Waals surface area contributed by atoms with Crippen LogP contribution in [0.15, 0.2) is 0 Å². The predicted octanol–water partition coefficient (Wildman–Crippen LogP) is 3.38. The minimum Gasteiger partial charge on any atom is -0.314 e. The van der Waals surface area contributed by atoms with Crippen molar-refractivity contribution in [3.63, 3.8) is 0 Å². The highest BCUT2D eigenvalue weighted by molar-refractivity contribution is 4.89. The largest absolute Gasteiger partial charge is 0.314 e. The normalized spacial score (nSPS) is 36.5. The van der Waals surface area contributed by atoms with E-state index in [9.17, 15) is 0 Å². The Kier molecular flexibility index (Phi) is 5.70. The fourth-order valence-corrected chi connectivity index (χ4v) is 4.27. The molecule has 0 bridgehead atoms. The van der Waals surface area contributed by atoms with Crippen molar-refractivity contribution in [2.75, 3.05) is 26.7 Å². The van der Waals surface area contributed by atoms with Gasteiger partial charge in [0.2, 0.25) is 0 Å². The molecule has 1 N–H and O–H groups in total. The van der Waals surface area contributed by atoms with Crippen LogP contribution in [0.4, 0.5) is 0 Å². The van der Waals surface area contributed by atoms with Crippen molar-refractivity contribution in [2.24, 2.45) is 23.7 Å². The summed E-state index contributed by atoms with van der Waals surface area (Å²) in [5.74, 6) is 3.62. The van der Waals surface area contributed by atoms with Crippen molar-refractivity contribution in [1.82, 2.24) is 10.2 Å². The molecule has 0 aromatic rings. The number of hydrogen-bond acceptors (Lipinski definition) is 2. The highest BCUT2D eigenvalue weighted by Gasteiger charge is 2.34. The molecular formula is C17H34N2. The standard InChI is InChI=1S/C17H34N2/c1-5-18-17-10-13(2)9-14(3)16(17)12-19(4)11-15-7-6-8-15/h13-18H,5-12H2,1-4H3. The third-order valence-corrected chi connectivity index (χ3v) is 5.46. The first-order valence-electron chi connectivity index (χ1n) is 8.52. The minimum absolute atomic E-state index is 0.743. The van der Waals surface area contributed by atoms with E-state index in [1.807, 2.05) is 0 Å². The third kappa shape index (κ3) is 4.19. The maximum Gasteiger partial charge on any atom is 0.0112 e. The lowest BCUT2D eigenvalue weighted by molar-refractivity contribution is 0.0972. The van der Waals surface area contributed by atoms with E-state index in [-0.39, 0.29) is 0 Å². The van der Waals surface area contributed by atoms with Gasteiger partial charge in [0.1, 0.15) is 0 Å². The second-order valence-electron chi connectivity index (χ2n) is 7.40. The summed E-state index contributed by atoms with van der Waals surface area (Å²) in [6.45, 7) is 10.9. The van der Waals surface area contributed by atoms with E-state index >= 15 is 0 Å². The average Bonchev–Trinajstić information content (AvgIpc) is 2.29. The van der Waals surface area contributed by atoms with Crippen molar-refractivity contribution in [3.05, 3.63) is 0 Å². The lowest BCUT2D eigenvalue weighted by Crippen LogP contribution is -2.49. The molecule has 4 unspecified atom stereocenters. The molecule has 0 amide bonds. The highest BCUT2D eigenvalue weighted by atomic mass is 15.1. The summed E-state index contributed by atoms with van der Waals surface area (Å²) in [6, 6.07) is 0.743. The Hall–Kier alpha value is -0.0800. The first-order valence-corrected chi connectivity index (χ1v) is 8.52. The number of rotatable bonds is 6. The molecule has 0 radical (unpaired) electrons. The summed E-state index contributed by atoms with van der Waals surface area (Å²) in [7, 11) is 2.34. The molecule has 2 fully saturated rings. The van der Waals surface area contributed by atoms with Crippen LogP contribution in [0, 0.1) is 23.7 Å². The van der Waals surface area contributed by atoms with Gasteiger partial charge in [0, 0.05) is 19.1 Å². The van der Waals surface area contributed by atoms with Crippen molar-refractivity contribution < 1.29 is 0 Å². The van der Waals surface area contributed by atoms with Crippen molar-refractivity contribution >= 4 is 0 Å². The molecule has 2 rings (SSSR count). The molecule has 4 atom stereocenters. The molecule has 2 aliphatic rings. The zero-order valence-corrected chi connectivity index (χ0v) is 13.5. The fraction of sp³-hybridized carbons (Fsp3) is 1.00. The second-order valence-corrected chi connectivity index (χ2v) is 7.40. The topological polar surface area (TPSA) is 15.3 Å². The van der Waals surface area contributed by atoms with Crippen LogP contribution in [0.25, 0.3) is 0 Å². The first kappa shape index (κ1) is 15.3. The minimum atomic E-state index is 0.743. The van der Waals surface area contributed by atoms with Crippen LogP contribution in [0.2, 0.25) is 0 Å². The Morgan fingerprint density at radius 2 is 1.84 bits per heavy atom. The molecule has 0 saturated heterocycles. The quantitative estimate of drug-likeness (QED) is 0.793. The van der Waals surface area contributed by atoms with E-state index in [4.69, 9.17) is 0 Å². The van der Waals surface area contributed by atoms with E-state index in [0.717, 1.165) is 36.3 Å². The molecule has 19 heavy (non-hydrogen) atoms. The summed E-state index contributed by atoms with van der Waals surface area (Å²) >= 11 is 0. The Morgan fingerprint density at radius 1 is 1.11 bits per heavy atom. The third-order valence-electron chi connectivity index (χ3n) is 5.46. The summed E-state index contributed by atoms with van der Waals surface area (Å²) in [4.78, 5) is 2.62. The van der Waals surface area contributed by atoms with Gasteiger partial charge in [-0.3, -0.25) is 0 Å². The van der Waals surface area contributed by atoms with Gasteiger partial charge in [-0.15, -0.1) is 0 Å². The van der Waals surface area contributed by atoms with Crippen LogP contribution in [0.5, 0.6) is 0 Å². The lowest BCUT2D eigenvalue weighted by Gasteiger charge is -2.42. The van der Waals surface area contributed by atoms with Gasteiger partial charge in [-0.25, -0.2) is 0 Å². The molecule has 0 aromatic heterocycles. The highest BCUT2D eigenvalue weighted by Crippen LogP contribution is 2.35. The average molecular weight is 266 g/mol. The molecule has 0 aliphatic heterocycles. The van der Waals surface area contributed by atoms with Gasteiger partial charge in [-0.05, 0) is 62.9 Å². The van der Waals surface area contributed by atoms with Crippen molar-refractivity contribution in [1.29, 1.82) is 0 Å². The summed E-state index contributed by atoms with van der Waals surface area (Å²) in [5, 5.41) is 3.76. The zero-order chi connectivity index (χ0) is 13.8. The molecule has 0 spiro atoms. The van der Waals surface area contributed by atoms with Gasteiger partial charge in [-0.2, -0.15) is 0 Å². The molecule has 0 aromatic carbocycles. The molecule has 2 nitrogen and oxygen atoms in total. The molecule has 2 aliphatic carbocycles. The van der Waals surface area contributed by atoms with Gasteiger partial charge >= 0.3 is 0 Å². The molecular weight excluding hydrogens is 232 g/mol. The van der Waals surface area contributed by atoms with Gasteiger partial charge in [0.15, 0.2) is 0 Å². The van der Waals surface area contributed by atoms with Gasteiger partial charge in [0.05, 0.1) is 0 Å². The van der Waals surface area contributed by atoms with Crippen molar-refractivity contribution in [2.45, 2.75) is 58.9 Å². The summed E-state index contributed by atoms with van der Waals surface area (Å²) < 4.78 is 0. The molecule has 0 heterocycles. The van der Waals surface area contributed by atoms with E-state index in [1.165, 1.54) is 45.2 Å². The number of nitrogens with zero attached hydrogens (tertiary/aromatic N) is 1. The van der Waals surface area contributed by atoms with E-state index in [2.05, 4.69) is 38.0 Å². The SMILES string of the molecule is CCNC1CC(C)CC(C)C1CN(C)CC1CCC1. The van der Waals surface area contributed by atoms with Crippen LogP contribution in [0.3, 0.4) is 0 Å². The fourth-order valence-electron chi connectivity index (χ4n) is 4.27. The van der Waals surface area contributed by atoms with E-state index < -0.39 is 0 Å². The number of nitrogens with one attached hydrogen (secondary N) is 1. The van der Waals surface area contributed by atoms with E-state index in [0.29, 0.717) is 0 Å². The molecule has 112 valence electrons. The smallest absolute Gasteiger partial charge is 0.0112 e. The molecule has 2 heteroatoms. The Labute approximate surface area is 120 Å². The Balaban J connectivity index is 1.86. The van der Waals surface area contributed by atoms with Gasteiger partial charge in [-0.1, -0.05) is 27.2 Å². The maximum absolute atomic E-state index is 3.76. The zero-order valence-electron chi connectivity index (χ0n) is 13.5. The molecule has 2 saturated carbocycles. The van der Waals surface area contributed by atoms with Gasteiger partial charge in [0.25, 0.3) is 0 Å². The summed E-state index contributed by atoms with van der Waals surface area (Å²) in [6.07, 6.45) is 7.20. The Bertz CT molecular complexity index is 262. The number of hydrogen-bond donors (Lipinski definition) is 1. The van der Waals surface area contributed by atoms with Crippen LogP contribution in [-0.4, -0.2) is 37.6 Å². The van der Waals surface area contributed by atoms with Crippen LogP contribution in [0.1, 0.15) is 52.9 Å². The second kappa shape index (κ2) is 7.08. The Morgan fingerprint density at radius 3 is 2.42 bits per heavy atom. The van der Waals surface area contributed by atoms with Crippen LogP contribution >= 0.6 is 0 Å². The summed E-state index contributed by atoms with van der Waals surface area (Å²) in [5.41, 5.74) is 0. The lowest BCUT2D eigenvalue weighted by atomic mass is 9.72.